The van der Waals surface area contributed by atoms with Crippen molar-refractivity contribution in [2.45, 2.75) is 4.90 Å². The molecule has 1 aliphatic rings. The van der Waals surface area contributed by atoms with Crippen LogP contribution in [-0.2, 0) is 10.1 Å². The zero-order valence-electron chi connectivity index (χ0n) is 9.51. The van der Waals surface area contributed by atoms with E-state index in [1.54, 1.807) is 0 Å². The number of fused-ring (bicyclic) bond motifs is 4. The molecule has 2 aromatic rings. The molecule has 0 amide bonds. The number of phenols is 1. The molecule has 0 saturated heterocycles. The maximum absolute atomic E-state index is 11.5. The standard InChI is InChI=1S/C10H5N3O6S/c14-9-7-5-2-1-4(13(15)16)3-6(5)10(20(17,18)19)8(9)12-11-7/h1-3,14H,(H,17,18,19). The molecule has 20 heavy (non-hydrogen) atoms. The van der Waals surface area contributed by atoms with E-state index in [0.717, 1.165) is 12.1 Å². The maximum Gasteiger partial charge on any atom is 0.297 e. The molecule has 0 aliphatic carbocycles. The molecule has 0 atom stereocenters. The normalized spacial score (nSPS) is 13.1. The predicted molar refractivity (Wildman–Crippen MR) is 66.3 cm³/mol. The van der Waals surface area contributed by atoms with Crippen LogP contribution in [0.1, 0.15) is 0 Å². The number of nitro benzene ring substituents is 1. The van der Waals surface area contributed by atoms with Gasteiger partial charge in [0.25, 0.3) is 15.8 Å². The third-order valence-electron chi connectivity index (χ3n) is 2.89. The second-order valence-corrected chi connectivity index (χ2v) is 5.40. The van der Waals surface area contributed by atoms with Gasteiger partial charge in [-0.1, -0.05) is 0 Å². The number of rotatable bonds is 2. The van der Waals surface area contributed by atoms with Crippen LogP contribution in [0.3, 0.4) is 0 Å². The number of nitrogens with zero attached hydrogens (tertiary/aromatic N) is 3. The van der Waals surface area contributed by atoms with Gasteiger partial charge in [0.15, 0.2) is 11.4 Å². The molecule has 0 fully saturated rings. The maximum atomic E-state index is 11.5. The number of aromatic hydroxyl groups is 1. The van der Waals surface area contributed by atoms with E-state index in [1.165, 1.54) is 6.07 Å². The van der Waals surface area contributed by atoms with Crippen molar-refractivity contribution < 1.29 is 23.0 Å². The van der Waals surface area contributed by atoms with Crippen LogP contribution in [-0.4, -0.2) is 23.0 Å². The molecule has 2 aromatic carbocycles. The average molecular weight is 295 g/mol. The molecule has 2 N–H and O–H groups in total. The molecule has 0 aromatic heterocycles. The van der Waals surface area contributed by atoms with Crippen molar-refractivity contribution in [1.82, 2.24) is 0 Å². The summed E-state index contributed by atoms with van der Waals surface area (Å²) in [6, 6.07) is 3.37. The zero-order valence-corrected chi connectivity index (χ0v) is 10.3. The van der Waals surface area contributed by atoms with Crippen LogP contribution in [0.2, 0.25) is 0 Å². The Hall–Kier alpha value is -2.59. The lowest BCUT2D eigenvalue weighted by Crippen LogP contribution is -2.00. The molecule has 0 radical (unpaired) electrons. The summed E-state index contributed by atoms with van der Waals surface area (Å²) in [5.41, 5.74) is -0.764. The van der Waals surface area contributed by atoms with Gasteiger partial charge in [0.05, 0.1) is 4.92 Å². The molecule has 10 heteroatoms. The van der Waals surface area contributed by atoms with Gasteiger partial charge in [-0.15, -0.1) is 10.2 Å². The van der Waals surface area contributed by atoms with Crippen LogP contribution in [0.15, 0.2) is 33.3 Å². The van der Waals surface area contributed by atoms with Crippen LogP contribution in [0.4, 0.5) is 17.1 Å². The van der Waals surface area contributed by atoms with Gasteiger partial charge in [0.1, 0.15) is 10.6 Å². The lowest BCUT2D eigenvalue weighted by Gasteiger charge is -2.07. The molecule has 0 saturated carbocycles. The van der Waals surface area contributed by atoms with Gasteiger partial charge in [-0.25, -0.2) is 0 Å². The van der Waals surface area contributed by atoms with Crippen LogP contribution < -0.4 is 0 Å². The monoisotopic (exact) mass is 295 g/mol. The van der Waals surface area contributed by atoms with Crippen molar-refractivity contribution >= 4 is 38.0 Å². The number of hydrogen-bond donors (Lipinski definition) is 2. The lowest BCUT2D eigenvalue weighted by molar-refractivity contribution is -0.384. The Morgan fingerprint density at radius 2 is 1.80 bits per heavy atom. The summed E-state index contributed by atoms with van der Waals surface area (Å²) in [5.74, 6) is -0.487. The minimum atomic E-state index is -4.74. The van der Waals surface area contributed by atoms with Gasteiger partial charge >= 0.3 is 0 Å². The van der Waals surface area contributed by atoms with Gasteiger partial charge in [-0.3, -0.25) is 14.7 Å². The minimum Gasteiger partial charge on any atom is -0.504 e. The van der Waals surface area contributed by atoms with Crippen molar-refractivity contribution in [2.75, 3.05) is 0 Å². The smallest absolute Gasteiger partial charge is 0.297 e. The molecule has 3 rings (SSSR count). The molecular formula is C10H5N3O6S. The summed E-state index contributed by atoms with van der Waals surface area (Å²) < 4.78 is 32.2. The van der Waals surface area contributed by atoms with Gasteiger partial charge in [0.2, 0.25) is 0 Å². The van der Waals surface area contributed by atoms with E-state index in [1.807, 2.05) is 0 Å². The summed E-state index contributed by atoms with van der Waals surface area (Å²) in [7, 11) is -4.74. The Kier molecular flexibility index (Phi) is 2.31. The highest BCUT2D eigenvalue weighted by atomic mass is 32.2. The SMILES string of the molecule is O=[N+]([O-])c1ccc2c3c(O)c(c(S(=O)(=O)O)c2c1)N=N3. The summed E-state index contributed by atoms with van der Waals surface area (Å²) in [6.07, 6.45) is 0. The minimum absolute atomic E-state index is 0.0114. The summed E-state index contributed by atoms with van der Waals surface area (Å²) in [5, 5.41) is 27.7. The average Bonchev–Trinajstić information content (AvgIpc) is 2.61. The van der Waals surface area contributed by atoms with E-state index < -0.39 is 31.4 Å². The lowest BCUT2D eigenvalue weighted by atomic mass is 10.1. The molecule has 2 bridgehead atoms. The number of benzene rings is 2. The highest BCUT2D eigenvalue weighted by Gasteiger charge is 2.30. The van der Waals surface area contributed by atoms with Crippen molar-refractivity contribution in [3.63, 3.8) is 0 Å². The summed E-state index contributed by atoms with van der Waals surface area (Å²) in [4.78, 5) is 9.36. The molecule has 102 valence electrons. The Bertz CT molecular complexity index is 918. The van der Waals surface area contributed by atoms with Gasteiger partial charge in [0, 0.05) is 22.9 Å². The Labute approximate surface area is 111 Å². The van der Waals surface area contributed by atoms with E-state index in [0.29, 0.717) is 0 Å². The van der Waals surface area contributed by atoms with E-state index in [4.69, 9.17) is 0 Å². The van der Waals surface area contributed by atoms with Gasteiger partial charge in [-0.05, 0) is 6.07 Å². The third kappa shape index (κ3) is 1.55. The highest BCUT2D eigenvalue weighted by Crippen LogP contribution is 2.53. The first-order valence-electron chi connectivity index (χ1n) is 5.17. The number of nitro groups is 1. The van der Waals surface area contributed by atoms with Crippen LogP contribution in [0, 0.1) is 10.1 Å². The first-order chi connectivity index (χ1) is 9.30. The molecule has 1 aliphatic heterocycles. The van der Waals surface area contributed by atoms with Crippen molar-refractivity contribution in [3.8, 4) is 5.75 Å². The summed E-state index contributed by atoms with van der Waals surface area (Å²) >= 11 is 0. The quantitative estimate of drug-likeness (QED) is 0.422. The van der Waals surface area contributed by atoms with E-state index in [9.17, 15) is 28.2 Å². The fourth-order valence-electron chi connectivity index (χ4n) is 2.07. The zero-order chi connectivity index (χ0) is 14.7. The van der Waals surface area contributed by atoms with E-state index >= 15 is 0 Å². The Balaban J connectivity index is 2.57. The number of azo groups is 1. The largest absolute Gasteiger partial charge is 0.504 e. The first kappa shape index (κ1) is 12.4. The number of non-ortho nitro benzene ring substituents is 1. The fraction of sp³-hybridized carbons (Fsp3) is 0. The Morgan fingerprint density at radius 1 is 1.15 bits per heavy atom. The van der Waals surface area contributed by atoms with Crippen molar-refractivity contribution in [2.24, 2.45) is 10.2 Å². The van der Waals surface area contributed by atoms with Gasteiger partial charge in [-0.2, -0.15) is 8.42 Å². The first-order valence-corrected chi connectivity index (χ1v) is 6.61. The fourth-order valence-corrected chi connectivity index (χ4v) is 2.90. The predicted octanol–water partition coefficient (Wildman–Crippen LogP) is 2.43. The number of phenolic OH excluding ortho intramolecular Hbond substituents is 1. The van der Waals surface area contributed by atoms with Crippen LogP contribution in [0.5, 0.6) is 5.75 Å². The highest BCUT2D eigenvalue weighted by molar-refractivity contribution is 7.86. The summed E-state index contributed by atoms with van der Waals surface area (Å²) in [6.45, 7) is 0. The van der Waals surface area contributed by atoms with E-state index in [-0.39, 0.29) is 22.1 Å². The molecular weight excluding hydrogens is 290 g/mol. The Morgan fingerprint density at radius 3 is 2.40 bits per heavy atom. The van der Waals surface area contributed by atoms with Gasteiger partial charge < -0.3 is 5.11 Å². The molecule has 0 unspecified atom stereocenters. The second kappa shape index (κ2) is 3.71. The molecule has 9 nitrogen and oxygen atoms in total. The van der Waals surface area contributed by atoms with Crippen LogP contribution in [0.25, 0.3) is 10.8 Å². The molecule has 0 spiro atoms. The third-order valence-corrected chi connectivity index (χ3v) is 3.81. The second-order valence-electron chi connectivity index (χ2n) is 4.04. The topological polar surface area (TPSA) is 142 Å². The number of hydrogen-bond acceptors (Lipinski definition) is 7. The van der Waals surface area contributed by atoms with Crippen molar-refractivity contribution in [1.29, 1.82) is 0 Å². The molecule has 1 heterocycles. The van der Waals surface area contributed by atoms with Crippen molar-refractivity contribution in [3.05, 3.63) is 28.3 Å². The van der Waals surface area contributed by atoms with E-state index in [2.05, 4.69) is 10.2 Å². The van der Waals surface area contributed by atoms with Crippen LogP contribution >= 0.6 is 0 Å².